The highest BCUT2D eigenvalue weighted by Gasteiger charge is 2.30. The summed E-state index contributed by atoms with van der Waals surface area (Å²) in [5, 5.41) is 0. The SMILES string of the molecule is CC(C)c1ccc2c(c1)C(C)(C)CCC(=O)O2. The van der Waals surface area contributed by atoms with E-state index in [0.717, 1.165) is 17.7 Å². The van der Waals surface area contributed by atoms with Crippen molar-refractivity contribution in [3.8, 4) is 5.75 Å². The highest BCUT2D eigenvalue weighted by Crippen LogP contribution is 2.39. The molecule has 2 rings (SSSR count). The molecule has 0 spiro atoms. The molecule has 2 nitrogen and oxygen atoms in total. The first kappa shape index (κ1) is 12.2. The van der Waals surface area contributed by atoms with Crippen molar-refractivity contribution < 1.29 is 9.53 Å². The summed E-state index contributed by atoms with van der Waals surface area (Å²) in [5.41, 5.74) is 2.47. The van der Waals surface area contributed by atoms with Crippen molar-refractivity contribution in [3.63, 3.8) is 0 Å². The highest BCUT2D eigenvalue weighted by molar-refractivity contribution is 5.74. The summed E-state index contributed by atoms with van der Waals surface area (Å²) in [6, 6.07) is 6.19. The minimum Gasteiger partial charge on any atom is -0.426 e. The molecule has 1 aromatic carbocycles. The van der Waals surface area contributed by atoms with Gasteiger partial charge < -0.3 is 4.74 Å². The Hall–Kier alpha value is -1.31. The van der Waals surface area contributed by atoms with Crippen molar-refractivity contribution in [1.29, 1.82) is 0 Å². The molecule has 0 bridgehead atoms. The Labute approximate surface area is 103 Å². The maximum Gasteiger partial charge on any atom is 0.311 e. The molecule has 0 unspecified atom stereocenters. The van der Waals surface area contributed by atoms with Crippen LogP contribution in [-0.2, 0) is 10.2 Å². The zero-order chi connectivity index (χ0) is 12.6. The van der Waals surface area contributed by atoms with Gasteiger partial charge in [0.2, 0.25) is 0 Å². The van der Waals surface area contributed by atoms with E-state index in [9.17, 15) is 4.79 Å². The Bertz CT molecular complexity index is 444. The molecule has 1 aromatic rings. The number of carbonyl (C=O) groups is 1. The van der Waals surface area contributed by atoms with Crippen molar-refractivity contribution in [2.75, 3.05) is 0 Å². The van der Waals surface area contributed by atoms with Crippen molar-refractivity contribution in [1.82, 2.24) is 0 Å². The van der Waals surface area contributed by atoms with Crippen LogP contribution in [0.25, 0.3) is 0 Å². The van der Waals surface area contributed by atoms with Gasteiger partial charge in [0.15, 0.2) is 0 Å². The van der Waals surface area contributed by atoms with Crippen LogP contribution < -0.4 is 4.74 Å². The zero-order valence-corrected chi connectivity index (χ0v) is 11.0. The van der Waals surface area contributed by atoms with Crippen molar-refractivity contribution in [2.45, 2.75) is 51.9 Å². The van der Waals surface area contributed by atoms with Gasteiger partial charge in [-0.15, -0.1) is 0 Å². The van der Waals surface area contributed by atoms with Crippen LogP contribution >= 0.6 is 0 Å². The highest BCUT2D eigenvalue weighted by atomic mass is 16.5. The van der Waals surface area contributed by atoms with Crippen LogP contribution in [0.5, 0.6) is 5.75 Å². The molecule has 0 aliphatic carbocycles. The number of carbonyl (C=O) groups excluding carboxylic acids is 1. The van der Waals surface area contributed by atoms with Gasteiger partial charge in [0, 0.05) is 12.0 Å². The van der Waals surface area contributed by atoms with E-state index in [4.69, 9.17) is 4.74 Å². The van der Waals surface area contributed by atoms with Gasteiger partial charge in [-0.05, 0) is 29.4 Å². The quantitative estimate of drug-likeness (QED) is 0.544. The van der Waals surface area contributed by atoms with Crippen molar-refractivity contribution in [3.05, 3.63) is 29.3 Å². The minimum absolute atomic E-state index is 0.00634. The zero-order valence-electron chi connectivity index (χ0n) is 11.0. The predicted octanol–water partition coefficient (Wildman–Crippen LogP) is 3.79. The summed E-state index contributed by atoms with van der Waals surface area (Å²) >= 11 is 0. The average Bonchev–Trinajstić information content (AvgIpc) is 2.36. The van der Waals surface area contributed by atoms with E-state index in [-0.39, 0.29) is 11.4 Å². The first-order chi connectivity index (χ1) is 7.90. The fourth-order valence-corrected chi connectivity index (χ4v) is 2.25. The molecule has 1 aliphatic heterocycles. The molecule has 2 heteroatoms. The second-order valence-electron chi connectivity index (χ2n) is 5.77. The van der Waals surface area contributed by atoms with Gasteiger partial charge >= 0.3 is 5.97 Å². The van der Waals surface area contributed by atoms with E-state index in [1.54, 1.807) is 0 Å². The lowest BCUT2D eigenvalue weighted by Crippen LogP contribution is -2.16. The van der Waals surface area contributed by atoms with E-state index in [1.807, 2.05) is 6.07 Å². The molecule has 17 heavy (non-hydrogen) atoms. The summed E-state index contributed by atoms with van der Waals surface area (Å²) in [4.78, 5) is 11.5. The molecule has 0 aromatic heterocycles. The van der Waals surface area contributed by atoms with E-state index in [0.29, 0.717) is 12.3 Å². The Balaban J connectivity index is 2.53. The second-order valence-corrected chi connectivity index (χ2v) is 5.77. The molecule has 0 N–H and O–H groups in total. The van der Waals surface area contributed by atoms with E-state index < -0.39 is 0 Å². The van der Waals surface area contributed by atoms with Gasteiger partial charge in [-0.25, -0.2) is 0 Å². The van der Waals surface area contributed by atoms with E-state index in [1.165, 1.54) is 5.56 Å². The molecule has 1 heterocycles. The van der Waals surface area contributed by atoms with Crippen LogP contribution in [0, 0.1) is 0 Å². The first-order valence-corrected chi connectivity index (χ1v) is 6.25. The van der Waals surface area contributed by atoms with E-state index >= 15 is 0 Å². The molecule has 1 aliphatic rings. The summed E-state index contributed by atoms with van der Waals surface area (Å²) < 4.78 is 5.39. The van der Waals surface area contributed by atoms with Gasteiger partial charge in [0.05, 0.1) is 0 Å². The Kier molecular flexibility index (Phi) is 2.98. The number of fused-ring (bicyclic) bond motifs is 1. The molecule has 0 amide bonds. The lowest BCUT2D eigenvalue weighted by molar-refractivity contribution is -0.134. The fourth-order valence-electron chi connectivity index (χ4n) is 2.25. The van der Waals surface area contributed by atoms with Gasteiger partial charge in [-0.3, -0.25) is 4.79 Å². The largest absolute Gasteiger partial charge is 0.426 e. The summed E-state index contributed by atoms with van der Waals surface area (Å²) in [5.74, 6) is 1.12. The topological polar surface area (TPSA) is 26.3 Å². The smallest absolute Gasteiger partial charge is 0.311 e. The molecule has 0 radical (unpaired) electrons. The maximum atomic E-state index is 11.5. The molecule has 0 fully saturated rings. The third-order valence-electron chi connectivity index (χ3n) is 3.58. The van der Waals surface area contributed by atoms with Crippen LogP contribution in [0.1, 0.15) is 57.6 Å². The molecule has 0 saturated heterocycles. The Morgan fingerprint density at radius 1 is 1.29 bits per heavy atom. The molecule has 92 valence electrons. The summed E-state index contributed by atoms with van der Waals surface area (Å²) in [6.07, 6.45) is 1.35. The number of hydrogen-bond acceptors (Lipinski definition) is 2. The summed E-state index contributed by atoms with van der Waals surface area (Å²) in [6.45, 7) is 8.71. The molecular formula is C15H20O2. The van der Waals surface area contributed by atoms with Crippen LogP contribution in [0.15, 0.2) is 18.2 Å². The number of esters is 1. The lowest BCUT2D eigenvalue weighted by Gasteiger charge is -2.24. The summed E-state index contributed by atoms with van der Waals surface area (Å²) in [7, 11) is 0. The van der Waals surface area contributed by atoms with Gasteiger partial charge in [-0.1, -0.05) is 39.8 Å². The number of benzene rings is 1. The minimum atomic E-state index is -0.117. The van der Waals surface area contributed by atoms with Gasteiger partial charge in [0.25, 0.3) is 0 Å². The normalized spacial score (nSPS) is 18.5. The Morgan fingerprint density at radius 2 is 2.00 bits per heavy atom. The standard InChI is InChI=1S/C15H20O2/c1-10(2)11-5-6-13-12(9-11)15(3,4)8-7-14(16)17-13/h5-6,9-10H,7-8H2,1-4H3. The number of rotatable bonds is 1. The molecule has 0 atom stereocenters. The van der Waals surface area contributed by atoms with E-state index in [2.05, 4.69) is 39.8 Å². The van der Waals surface area contributed by atoms with Crippen LogP contribution in [0.2, 0.25) is 0 Å². The maximum absolute atomic E-state index is 11.5. The van der Waals surface area contributed by atoms with Crippen molar-refractivity contribution >= 4 is 5.97 Å². The predicted molar refractivity (Wildman–Crippen MR) is 68.4 cm³/mol. The first-order valence-electron chi connectivity index (χ1n) is 6.25. The number of ether oxygens (including phenoxy) is 1. The monoisotopic (exact) mass is 232 g/mol. The Morgan fingerprint density at radius 3 is 2.65 bits per heavy atom. The van der Waals surface area contributed by atoms with Crippen LogP contribution in [-0.4, -0.2) is 5.97 Å². The molecular weight excluding hydrogens is 212 g/mol. The van der Waals surface area contributed by atoms with Crippen LogP contribution in [0.3, 0.4) is 0 Å². The third kappa shape index (κ3) is 2.36. The lowest BCUT2D eigenvalue weighted by atomic mass is 9.79. The van der Waals surface area contributed by atoms with Crippen LogP contribution in [0.4, 0.5) is 0 Å². The number of hydrogen-bond donors (Lipinski definition) is 0. The second kappa shape index (κ2) is 4.17. The fraction of sp³-hybridized carbons (Fsp3) is 0.533. The third-order valence-corrected chi connectivity index (χ3v) is 3.58. The average molecular weight is 232 g/mol. The molecule has 0 saturated carbocycles. The van der Waals surface area contributed by atoms with Crippen molar-refractivity contribution in [2.24, 2.45) is 0 Å². The van der Waals surface area contributed by atoms with Gasteiger partial charge in [0.1, 0.15) is 5.75 Å². The van der Waals surface area contributed by atoms with Gasteiger partial charge in [-0.2, -0.15) is 0 Å².